The van der Waals surface area contributed by atoms with E-state index in [0.29, 0.717) is 5.69 Å². The predicted molar refractivity (Wildman–Crippen MR) is 82.5 cm³/mol. The van der Waals surface area contributed by atoms with Crippen molar-refractivity contribution in [1.82, 2.24) is 0 Å². The van der Waals surface area contributed by atoms with Crippen LogP contribution >= 0.6 is 0 Å². The summed E-state index contributed by atoms with van der Waals surface area (Å²) in [4.78, 5) is 3.39. The number of rotatable bonds is 3. The molecule has 4 heteroatoms. The zero-order valence-electron chi connectivity index (χ0n) is 11.4. The second-order valence-electron chi connectivity index (χ2n) is 5.00. The Balaban J connectivity index is 1.69. The van der Waals surface area contributed by atoms with Gasteiger partial charge in [-0.2, -0.15) is 0 Å². The van der Waals surface area contributed by atoms with Gasteiger partial charge >= 0.3 is 6.92 Å². The lowest BCUT2D eigenvalue weighted by Gasteiger charge is -2.09. The van der Waals surface area contributed by atoms with Crippen LogP contribution in [-0.4, -0.2) is 6.92 Å². The van der Waals surface area contributed by atoms with Crippen molar-refractivity contribution in [2.75, 3.05) is 5.32 Å². The summed E-state index contributed by atoms with van der Waals surface area (Å²) in [7, 11) is 0. The third-order valence-electron chi connectivity index (χ3n) is 3.63. The molecular weight excluding hydrogens is 247 g/mol. The van der Waals surface area contributed by atoms with E-state index in [1.807, 2.05) is 24.3 Å². The molecule has 1 N–H and O–H groups in total. The van der Waals surface area contributed by atoms with E-state index in [0.717, 1.165) is 18.8 Å². The predicted octanol–water partition coefficient (Wildman–Crippen LogP) is 3.21. The number of nitrogens with one attached hydrogen (secondary N) is 1. The second kappa shape index (κ2) is 5.40. The average molecular weight is 262 g/mol. The van der Waals surface area contributed by atoms with E-state index < -0.39 is 0 Å². The minimum atomic E-state index is 0.185. The summed E-state index contributed by atoms with van der Waals surface area (Å²) in [6.07, 6.45) is 0. The second-order valence-corrected chi connectivity index (χ2v) is 5.00. The monoisotopic (exact) mass is 262 g/mol. The number of fused-ring (bicyclic) bond motifs is 1. The number of nitrogens with zero attached hydrogens (tertiary/aromatic N) is 1. The zero-order chi connectivity index (χ0) is 13.9. The molecule has 2 aromatic carbocycles. The molecule has 3 rings (SSSR count). The molecule has 98 valence electrons. The standard InChI is InChI=1S/C16H15BN2O/c1-17-16-9-15(8-5-13(16)11-20-17)19-10-12-3-6-14(18-2)7-4-12/h3-9,19H,10-11H2,1H3. The molecule has 0 radical (unpaired) electrons. The Bertz CT molecular complexity index is 661. The highest BCUT2D eigenvalue weighted by Crippen LogP contribution is 2.17. The molecule has 1 aliphatic heterocycles. The van der Waals surface area contributed by atoms with Crippen molar-refractivity contribution in [3.63, 3.8) is 0 Å². The van der Waals surface area contributed by atoms with Crippen LogP contribution in [-0.2, 0) is 17.8 Å². The molecule has 3 nitrogen and oxygen atoms in total. The lowest BCUT2D eigenvalue weighted by molar-refractivity contribution is 0.333. The first-order chi connectivity index (χ1) is 9.76. The van der Waals surface area contributed by atoms with Crippen molar-refractivity contribution in [2.24, 2.45) is 0 Å². The first-order valence-corrected chi connectivity index (χ1v) is 6.71. The summed E-state index contributed by atoms with van der Waals surface area (Å²) in [5.41, 5.74) is 5.51. The lowest BCUT2D eigenvalue weighted by Crippen LogP contribution is -2.24. The van der Waals surface area contributed by atoms with Gasteiger partial charge in [-0.25, -0.2) is 4.85 Å². The third kappa shape index (κ3) is 2.54. The van der Waals surface area contributed by atoms with Gasteiger partial charge in [0.25, 0.3) is 0 Å². The lowest BCUT2D eigenvalue weighted by atomic mass is 9.64. The van der Waals surface area contributed by atoms with Crippen LogP contribution in [0.25, 0.3) is 4.85 Å². The molecule has 0 saturated heterocycles. The Labute approximate surface area is 119 Å². The number of anilines is 1. The van der Waals surface area contributed by atoms with Gasteiger partial charge < -0.3 is 9.97 Å². The fourth-order valence-corrected chi connectivity index (χ4v) is 2.41. The molecule has 0 aromatic heterocycles. The number of hydrogen-bond acceptors (Lipinski definition) is 2. The SMILES string of the molecule is [C-]#[N+]c1ccc(CNc2ccc3c(c2)B(C)OC3)cc1. The molecule has 0 saturated carbocycles. The summed E-state index contributed by atoms with van der Waals surface area (Å²) < 4.78 is 5.61. The van der Waals surface area contributed by atoms with Gasteiger partial charge in [-0.1, -0.05) is 37.2 Å². The first kappa shape index (κ1) is 12.8. The maximum absolute atomic E-state index is 6.94. The molecule has 0 bridgehead atoms. The highest BCUT2D eigenvalue weighted by molar-refractivity contribution is 6.67. The molecule has 0 unspecified atom stereocenters. The van der Waals surface area contributed by atoms with E-state index in [4.69, 9.17) is 11.2 Å². The van der Waals surface area contributed by atoms with Crippen LogP contribution in [0.4, 0.5) is 11.4 Å². The Morgan fingerprint density at radius 2 is 2.05 bits per heavy atom. The Hall–Kier alpha value is -2.25. The van der Waals surface area contributed by atoms with Gasteiger partial charge in [0.05, 0.1) is 13.2 Å². The van der Waals surface area contributed by atoms with Gasteiger partial charge in [0.1, 0.15) is 0 Å². The van der Waals surface area contributed by atoms with Crippen LogP contribution in [0.2, 0.25) is 6.82 Å². The molecule has 0 amide bonds. The first-order valence-electron chi connectivity index (χ1n) is 6.71. The summed E-state index contributed by atoms with van der Waals surface area (Å²) in [6, 6.07) is 14.1. The van der Waals surface area contributed by atoms with Crippen molar-refractivity contribution < 1.29 is 4.65 Å². The largest absolute Gasteiger partial charge is 0.427 e. The third-order valence-corrected chi connectivity index (χ3v) is 3.63. The topological polar surface area (TPSA) is 25.6 Å². The van der Waals surface area contributed by atoms with Crippen LogP contribution in [0.1, 0.15) is 11.1 Å². The van der Waals surface area contributed by atoms with Crippen LogP contribution < -0.4 is 10.8 Å². The van der Waals surface area contributed by atoms with Crippen LogP contribution in [0.3, 0.4) is 0 Å². The van der Waals surface area contributed by atoms with Gasteiger partial charge in [-0.05, 0) is 28.7 Å². The van der Waals surface area contributed by atoms with Gasteiger partial charge in [0, 0.05) is 12.2 Å². The maximum atomic E-state index is 6.94. The van der Waals surface area contributed by atoms with Crippen LogP contribution in [0, 0.1) is 6.57 Å². The van der Waals surface area contributed by atoms with Crippen LogP contribution in [0.5, 0.6) is 0 Å². The minimum absolute atomic E-state index is 0.185. The molecular formula is C16H15BN2O. The Kier molecular flexibility index (Phi) is 3.45. The van der Waals surface area contributed by atoms with E-state index >= 15 is 0 Å². The summed E-state index contributed by atoms with van der Waals surface area (Å²) in [5, 5.41) is 3.42. The maximum Gasteiger partial charge on any atom is 0.324 e. The molecule has 0 aliphatic carbocycles. The normalized spacial score (nSPS) is 12.9. The Morgan fingerprint density at radius 3 is 2.80 bits per heavy atom. The van der Waals surface area contributed by atoms with Crippen molar-refractivity contribution >= 4 is 23.8 Å². The highest BCUT2D eigenvalue weighted by atomic mass is 16.4. The summed E-state index contributed by atoms with van der Waals surface area (Å²) in [6.45, 7) is 10.7. The smallest absolute Gasteiger partial charge is 0.324 e. The summed E-state index contributed by atoms with van der Waals surface area (Å²) in [5.74, 6) is 0. The van der Waals surface area contributed by atoms with Gasteiger partial charge in [-0.3, -0.25) is 0 Å². The molecule has 0 fully saturated rings. The van der Waals surface area contributed by atoms with Crippen molar-refractivity contribution in [3.05, 3.63) is 65.0 Å². The van der Waals surface area contributed by atoms with Crippen LogP contribution in [0.15, 0.2) is 42.5 Å². The Morgan fingerprint density at radius 1 is 1.25 bits per heavy atom. The molecule has 1 heterocycles. The van der Waals surface area contributed by atoms with Gasteiger partial charge in [-0.15, -0.1) is 0 Å². The zero-order valence-corrected chi connectivity index (χ0v) is 11.4. The molecule has 2 aromatic rings. The molecule has 20 heavy (non-hydrogen) atoms. The summed E-state index contributed by atoms with van der Waals surface area (Å²) >= 11 is 0. The molecule has 0 atom stereocenters. The fourth-order valence-electron chi connectivity index (χ4n) is 2.41. The van der Waals surface area contributed by atoms with E-state index in [9.17, 15) is 0 Å². The van der Waals surface area contributed by atoms with Crippen molar-refractivity contribution in [1.29, 1.82) is 0 Å². The van der Waals surface area contributed by atoms with Gasteiger partial charge in [0.15, 0.2) is 5.69 Å². The van der Waals surface area contributed by atoms with Gasteiger partial charge in [0.2, 0.25) is 0 Å². The van der Waals surface area contributed by atoms with Crippen molar-refractivity contribution in [3.8, 4) is 0 Å². The van der Waals surface area contributed by atoms with E-state index in [1.165, 1.54) is 16.6 Å². The quantitative estimate of drug-likeness (QED) is 0.678. The molecule has 1 aliphatic rings. The fraction of sp³-hybridized carbons (Fsp3) is 0.188. The van der Waals surface area contributed by atoms with Crippen molar-refractivity contribution in [2.45, 2.75) is 20.0 Å². The molecule has 0 spiro atoms. The van der Waals surface area contributed by atoms with E-state index in [-0.39, 0.29) is 6.92 Å². The van der Waals surface area contributed by atoms with E-state index in [2.05, 4.69) is 35.2 Å². The number of benzene rings is 2. The minimum Gasteiger partial charge on any atom is -0.427 e. The van der Waals surface area contributed by atoms with E-state index in [1.54, 1.807) is 0 Å². The average Bonchev–Trinajstić information content (AvgIpc) is 2.87. The highest BCUT2D eigenvalue weighted by Gasteiger charge is 2.23. The number of hydrogen-bond donors (Lipinski definition) is 1.